The fourth-order valence-corrected chi connectivity index (χ4v) is 2.13. The van der Waals surface area contributed by atoms with Gasteiger partial charge in [0.2, 0.25) is 0 Å². The van der Waals surface area contributed by atoms with Crippen LogP contribution in [0.2, 0.25) is 0 Å². The second-order valence-electron chi connectivity index (χ2n) is 4.16. The molecule has 0 bridgehead atoms. The van der Waals surface area contributed by atoms with Crippen molar-refractivity contribution in [1.29, 1.82) is 0 Å². The SMILES string of the molecule is CCCN(CCC)c1c(CN)cccc1OC. The van der Waals surface area contributed by atoms with E-state index in [-0.39, 0.29) is 0 Å². The van der Waals surface area contributed by atoms with Crippen LogP contribution >= 0.6 is 0 Å². The molecule has 0 fully saturated rings. The smallest absolute Gasteiger partial charge is 0.142 e. The lowest BCUT2D eigenvalue weighted by Gasteiger charge is -2.28. The van der Waals surface area contributed by atoms with Crippen LogP contribution in [0.3, 0.4) is 0 Å². The van der Waals surface area contributed by atoms with E-state index in [1.807, 2.05) is 12.1 Å². The molecule has 0 atom stereocenters. The van der Waals surface area contributed by atoms with Gasteiger partial charge in [0.05, 0.1) is 12.8 Å². The van der Waals surface area contributed by atoms with Crippen LogP contribution in [0.5, 0.6) is 5.75 Å². The van der Waals surface area contributed by atoms with Gasteiger partial charge in [-0.05, 0) is 24.5 Å². The Morgan fingerprint density at radius 3 is 2.29 bits per heavy atom. The fourth-order valence-electron chi connectivity index (χ4n) is 2.13. The van der Waals surface area contributed by atoms with Gasteiger partial charge in [0.25, 0.3) is 0 Å². The molecule has 0 aliphatic carbocycles. The van der Waals surface area contributed by atoms with Crippen LogP contribution in [0, 0.1) is 0 Å². The Labute approximate surface area is 105 Å². The third-order valence-corrected chi connectivity index (χ3v) is 2.83. The van der Waals surface area contributed by atoms with E-state index in [1.54, 1.807) is 7.11 Å². The molecule has 17 heavy (non-hydrogen) atoms. The molecule has 0 aromatic heterocycles. The normalized spacial score (nSPS) is 10.4. The van der Waals surface area contributed by atoms with Crippen molar-refractivity contribution in [3.8, 4) is 5.75 Å². The number of hydrogen-bond acceptors (Lipinski definition) is 3. The Hall–Kier alpha value is -1.22. The number of nitrogens with zero attached hydrogens (tertiary/aromatic N) is 1. The van der Waals surface area contributed by atoms with Gasteiger partial charge < -0.3 is 15.4 Å². The van der Waals surface area contributed by atoms with Gasteiger partial charge in [-0.3, -0.25) is 0 Å². The second kappa shape index (κ2) is 7.17. The van der Waals surface area contributed by atoms with Crippen molar-refractivity contribution < 1.29 is 4.74 Å². The van der Waals surface area contributed by atoms with Gasteiger partial charge >= 0.3 is 0 Å². The Balaban J connectivity index is 3.12. The number of nitrogens with two attached hydrogens (primary N) is 1. The number of rotatable bonds is 7. The molecular weight excluding hydrogens is 212 g/mol. The first-order valence-corrected chi connectivity index (χ1v) is 6.39. The zero-order valence-electron chi connectivity index (χ0n) is 11.2. The molecule has 3 heteroatoms. The molecule has 0 amide bonds. The first-order chi connectivity index (χ1) is 8.28. The summed E-state index contributed by atoms with van der Waals surface area (Å²) in [6, 6.07) is 6.09. The molecule has 0 saturated heterocycles. The fraction of sp³-hybridized carbons (Fsp3) is 0.571. The standard InChI is InChI=1S/C14H24N2O/c1-4-9-16(10-5-2)14-12(11-15)7-6-8-13(14)17-3/h6-8H,4-5,9-11,15H2,1-3H3. The summed E-state index contributed by atoms with van der Waals surface area (Å²) in [6.07, 6.45) is 2.25. The van der Waals surface area contributed by atoms with Crippen LogP contribution in [0.15, 0.2) is 18.2 Å². The molecule has 0 saturated carbocycles. The molecule has 0 aliphatic rings. The van der Waals surface area contributed by atoms with Gasteiger partial charge in [-0.1, -0.05) is 26.0 Å². The van der Waals surface area contributed by atoms with Crippen LogP contribution < -0.4 is 15.4 Å². The van der Waals surface area contributed by atoms with E-state index in [1.165, 1.54) is 5.69 Å². The van der Waals surface area contributed by atoms with E-state index in [0.29, 0.717) is 6.54 Å². The molecule has 0 spiro atoms. The molecule has 1 aromatic carbocycles. The zero-order valence-corrected chi connectivity index (χ0v) is 11.2. The van der Waals surface area contributed by atoms with Gasteiger partial charge in [-0.15, -0.1) is 0 Å². The summed E-state index contributed by atoms with van der Waals surface area (Å²) in [5.41, 5.74) is 8.15. The van der Waals surface area contributed by atoms with E-state index in [9.17, 15) is 0 Å². The largest absolute Gasteiger partial charge is 0.495 e. The Bertz CT molecular complexity index is 311. The highest BCUT2D eigenvalue weighted by molar-refractivity contribution is 5.64. The summed E-state index contributed by atoms with van der Waals surface area (Å²) in [7, 11) is 1.72. The van der Waals surface area contributed by atoms with Crippen molar-refractivity contribution in [3.63, 3.8) is 0 Å². The molecule has 1 aromatic rings. The minimum atomic E-state index is 0.552. The van der Waals surface area contributed by atoms with Crippen molar-refractivity contribution in [1.82, 2.24) is 0 Å². The zero-order chi connectivity index (χ0) is 12.7. The van der Waals surface area contributed by atoms with E-state index in [2.05, 4.69) is 24.8 Å². The van der Waals surface area contributed by atoms with Crippen LogP contribution in [-0.4, -0.2) is 20.2 Å². The van der Waals surface area contributed by atoms with Gasteiger partial charge in [-0.2, -0.15) is 0 Å². The summed E-state index contributed by atoms with van der Waals surface area (Å²) in [5, 5.41) is 0. The van der Waals surface area contributed by atoms with Gasteiger partial charge in [0, 0.05) is 19.6 Å². The monoisotopic (exact) mass is 236 g/mol. The maximum absolute atomic E-state index is 5.82. The topological polar surface area (TPSA) is 38.5 Å². The van der Waals surface area contributed by atoms with Crippen molar-refractivity contribution >= 4 is 5.69 Å². The first-order valence-electron chi connectivity index (χ1n) is 6.39. The lowest BCUT2D eigenvalue weighted by Crippen LogP contribution is -2.27. The average Bonchev–Trinajstić information content (AvgIpc) is 2.37. The quantitative estimate of drug-likeness (QED) is 0.791. The third kappa shape index (κ3) is 3.37. The van der Waals surface area contributed by atoms with E-state index < -0.39 is 0 Å². The van der Waals surface area contributed by atoms with Gasteiger partial charge in [0.1, 0.15) is 5.75 Å². The highest BCUT2D eigenvalue weighted by Gasteiger charge is 2.14. The molecule has 1 rings (SSSR count). The highest BCUT2D eigenvalue weighted by Crippen LogP contribution is 2.32. The number of hydrogen-bond donors (Lipinski definition) is 1. The van der Waals surface area contributed by atoms with Crippen molar-refractivity contribution in [2.24, 2.45) is 5.73 Å². The molecular formula is C14H24N2O. The van der Waals surface area contributed by atoms with Crippen LogP contribution in [0.1, 0.15) is 32.3 Å². The Morgan fingerprint density at radius 2 is 1.82 bits per heavy atom. The molecule has 0 aliphatic heterocycles. The maximum atomic E-state index is 5.82. The average molecular weight is 236 g/mol. The van der Waals surface area contributed by atoms with Gasteiger partial charge in [-0.25, -0.2) is 0 Å². The highest BCUT2D eigenvalue weighted by atomic mass is 16.5. The maximum Gasteiger partial charge on any atom is 0.142 e. The number of anilines is 1. The van der Waals surface area contributed by atoms with Crippen LogP contribution in [0.4, 0.5) is 5.69 Å². The van der Waals surface area contributed by atoms with E-state index >= 15 is 0 Å². The number of methoxy groups -OCH3 is 1. The molecule has 3 nitrogen and oxygen atoms in total. The Morgan fingerprint density at radius 1 is 1.18 bits per heavy atom. The lowest BCUT2D eigenvalue weighted by molar-refractivity contribution is 0.413. The number of ether oxygens (including phenoxy) is 1. The van der Waals surface area contributed by atoms with Crippen molar-refractivity contribution in [3.05, 3.63) is 23.8 Å². The van der Waals surface area contributed by atoms with Crippen LogP contribution in [0.25, 0.3) is 0 Å². The summed E-state index contributed by atoms with van der Waals surface area (Å²) < 4.78 is 5.46. The summed E-state index contributed by atoms with van der Waals surface area (Å²) in [5.74, 6) is 0.926. The molecule has 0 unspecified atom stereocenters. The predicted octanol–water partition coefficient (Wildman–Crippen LogP) is 2.78. The first kappa shape index (κ1) is 13.8. The lowest BCUT2D eigenvalue weighted by atomic mass is 10.1. The van der Waals surface area contributed by atoms with Crippen molar-refractivity contribution in [2.45, 2.75) is 33.2 Å². The minimum Gasteiger partial charge on any atom is -0.495 e. The second-order valence-corrected chi connectivity index (χ2v) is 4.16. The Kier molecular flexibility index (Phi) is 5.84. The summed E-state index contributed by atoms with van der Waals surface area (Å²) in [6.45, 7) is 7.03. The summed E-state index contributed by atoms with van der Waals surface area (Å²) in [4.78, 5) is 2.38. The molecule has 0 radical (unpaired) electrons. The van der Waals surface area contributed by atoms with Gasteiger partial charge in [0.15, 0.2) is 0 Å². The van der Waals surface area contributed by atoms with Crippen LogP contribution in [-0.2, 0) is 6.54 Å². The molecule has 0 heterocycles. The van der Waals surface area contributed by atoms with E-state index in [4.69, 9.17) is 10.5 Å². The summed E-state index contributed by atoms with van der Waals surface area (Å²) >= 11 is 0. The predicted molar refractivity (Wildman–Crippen MR) is 73.7 cm³/mol. The number of para-hydroxylation sites is 1. The molecule has 2 N–H and O–H groups in total. The third-order valence-electron chi connectivity index (χ3n) is 2.83. The minimum absolute atomic E-state index is 0.552. The van der Waals surface area contributed by atoms with Crippen molar-refractivity contribution in [2.75, 3.05) is 25.1 Å². The number of benzene rings is 1. The molecule has 96 valence electrons. The van der Waals surface area contributed by atoms with E-state index in [0.717, 1.165) is 37.2 Å².